The molecule has 0 aliphatic carbocycles. The van der Waals surface area contributed by atoms with Crippen LogP contribution < -0.4 is 5.32 Å². The van der Waals surface area contributed by atoms with Gasteiger partial charge in [0, 0.05) is 21.5 Å². The molecule has 0 atom stereocenters. The van der Waals surface area contributed by atoms with E-state index in [1.54, 1.807) is 11.8 Å². The molecule has 0 spiro atoms. The fourth-order valence-corrected chi connectivity index (χ4v) is 4.37. The lowest BCUT2D eigenvalue weighted by Crippen LogP contribution is -2.25. The summed E-state index contributed by atoms with van der Waals surface area (Å²) in [4.78, 5) is 12.7. The fourth-order valence-electron chi connectivity index (χ4n) is 3.05. The summed E-state index contributed by atoms with van der Waals surface area (Å²) in [6.45, 7) is 8.96. The highest BCUT2D eigenvalue weighted by molar-refractivity contribution is 9.10. The number of nitrogens with zero attached hydrogens (tertiary/aromatic N) is 3. The second kappa shape index (κ2) is 10.5. The summed E-state index contributed by atoms with van der Waals surface area (Å²) in [5.41, 5.74) is 2.88. The molecule has 7 heteroatoms. The highest BCUT2D eigenvalue weighted by atomic mass is 79.9. The topological polar surface area (TPSA) is 59.8 Å². The van der Waals surface area contributed by atoms with E-state index >= 15 is 0 Å². The van der Waals surface area contributed by atoms with E-state index in [1.165, 1.54) is 5.56 Å². The van der Waals surface area contributed by atoms with Crippen LogP contribution in [-0.4, -0.2) is 26.4 Å². The molecule has 0 unspecified atom stereocenters. The lowest BCUT2D eigenvalue weighted by Gasteiger charge is -2.19. The number of carbonyl (C=O) groups excluding carboxylic acids is 1. The lowest BCUT2D eigenvalue weighted by atomic mass is 9.87. The van der Waals surface area contributed by atoms with E-state index in [-0.39, 0.29) is 11.3 Å². The largest absolute Gasteiger partial charge is 0.345 e. The fraction of sp³-hybridized carbons (Fsp3) is 0.375. The molecule has 0 saturated heterocycles. The first kappa shape index (κ1) is 23.5. The number of rotatable bonds is 8. The van der Waals surface area contributed by atoms with Crippen molar-refractivity contribution in [2.24, 2.45) is 0 Å². The Kier molecular flexibility index (Phi) is 7.94. The van der Waals surface area contributed by atoms with Gasteiger partial charge >= 0.3 is 0 Å². The summed E-state index contributed by atoms with van der Waals surface area (Å²) in [5, 5.41) is 12.6. The van der Waals surface area contributed by atoms with E-state index < -0.39 is 0 Å². The molecule has 1 aromatic heterocycles. The number of amides is 1. The Hall–Kier alpha value is -2.12. The van der Waals surface area contributed by atoms with Crippen LogP contribution >= 0.6 is 27.7 Å². The van der Waals surface area contributed by atoms with Gasteiger partial charge in [-0.1, -0.05) is 73.9 Å². The summed E-state index contributed by atoms with van der Waals surface area (Å²) in [6, 6.07) is 15.8. The highest BCUT2D eigenvalue weighted by Gasteiger charge is 2.17. The quantitative estimate of drug-likeness (QED) is 0.297. The van der Waals surface area contributed by atoms with Gasteiger partial charge in [0.1, 0.15) is 0 Å². The molecular weight excluding hydrogens is 472 g/mol. The van der Waals surface area contributed by atoms with Crippen LogP contribution in [-0.2, 0) is 12.0 Å². The van der Waals surface area contributed by atoms with Crippen molar-refractivity contribution >= 4 is 33.6 Å². The molecule has 0 aliphatic heterocycles. The Bertz CT molecular complexity index is 1010. The first-order chi connectivity index (χ1) is 14.8. The molecule has 0 aliphatic rings. The first-order valence-electron chi connectivity index (χ1n) is 10.5. The molecule has 0 saturated carbocycles. The average molecular weight is 501 g/mol. The average Bonchev–Trinajstić information content (AvgIpc) is 3.15. The van der Waals surface area contributed by atoms with Crippen LogP contribution in [0.4, 0.5) is 0 Å². The van der Waals surface area contributed by atoms with Crippen molar-refractivity contribution in [2.75, 3.05) is 5.75 Å². The van der Waals surface area contributed by atoms with Crippen molar-refractivity contribution in [2.45, 2.75) is 57.7 Å². The van der Waals surface area contributed by atoms with Gasteiger partial charge in [0.2, 0.25) is 0 Å². The van der Waals surface area contributed by atoms with E-state index in [0.717, 1.165) is 33.9 Å². The minimum absolute atomic E-state index is 0.0575. The van der Waals surface area contributed by atoms with Gasteiger partial charge in [-0.25, -0.2) is 0 Å². The van der Waals surface area contributed by atoms with Gasteiger partial charge in [-0.2, -0.15) is 0 Å². The summed E-state index contributed by atoms with van der Waals surface area (Å²) < 4.78 is 3.04. The molecule has 3 aromatic rings. The molecule has 2 aromatic carbocycles. The maximum absolute atomic E-state index is 12.7. The zero-order chi connectivity index (χ0) is 22.4. The minimum atomic E-state index is -0.119. The van der Waals surface area contributed by atoms with Gasteiger partial charge in [0.25, 0.3) is 5.91 Å². The standard InChI is InChI=1S/C24H29BrN4OS/c1-5-6-15-31-23-28-27-21(29(23)20-13-11-19(25)12-14-20)16-26-22(30)17-7-9-18(10-8-17)24(2,3)4/h7-14H,5-6,15-16H2,1-4H3,(H,26,30). The van der Waals surface area contributed by atoms with Gasteiger partial charge in [-0.3, -0.25) is 9.36 Å². The molecule has 1 amide bonds. The van der Waals surface area contributed by atoms with E-state index in [0.29, 0.717) is 17.9 Å². The number of hydrogen-bond acceptors (Lipinski definition) is 4. The van der Waals surface area contributed by atoms with Gasteiger partial charge in [0.05, 0.1) is 6.54 Å². The Morgan fingerprint density at radius 2 is 1.74 bits per heavy atom. The van der Waals surface area contributed by atoms with Crippen LogP contribution in [0.15, 0.2) is 58.2 Å². The third-order valence-corrected chi connectivity index (χ3v) is 6.48. The van der Waals surface area contributed by atoms with Gasteiger partial charge < -0.3 is 5.32 Å². The number of hydrogen-bond donors (Lipinski definition) is 1. The maximum Gasteiger partial charge on any atom is 0.251 e. The summed E-state index contributed by atoms with van der Waals surface area (Å²) in [5.74, 6) is 1.57. The molecule has 3 rings (SSSR count). The number of unbranched alkanes of at least 4 members (excludes halogenated alkanes) is 1. The highest BCUT2D eigenvalue weighted by Crippen LogP contribution is 2.25. The Labute approximate surface area is 197 Å². The van der Waals surface area contributed by atoms with E-state index in [4.69, 9.17) is 0 Å². The molecule has 0 bridgehead atoms. The Balaban J connectivity index is 1.77. The van der Waals surface area contributed by atoms with Gasteiger partial charge in [-0.15, -0.1) is 10.2 Å². The molecule has 164 valence electrons. The number of carbonyl (C=O) groups is 1. The van der Waals surface area contributed by atoms with Crippen molar-refractivity contribution in [3.63, 3.8) is 0 Å². The second-order valence-corrected chi connectivity index (χ2v) is 10.4. The molecular formula is C24H29BrN4OS. The van der Waals surface area contributed by atoms with Crippen LogP contribution in [0.25, 0.3) is 5.69 Å². The van der Waals surface area contributed by atoms with Crippen molar-refractivity contribution in [1.29, 1.82) is 0 Å². The number of nitrogens with one attached hydrogen (secondary N) is 1. The van der Waals surface area contributed by atoms with Crippen LogP contribution in [0.2, 0.25) is 0 Å². The van der Waals surface area contributed by atoms with Crippen molar-refractivity contribution in [3.05, 3.63) is 70.0 Å². The van der Waals surface area contributed by atoms with Crippen LogP contribution in [0.1, 0.15) is 62.3 Å². The summed E-state index contributed by atoms with van der Waals surface area (Å²) in [6.07, 6.45) is 2.25. The molecule has 0 radical (unpaired) electrons. The number of halogens is 1. The van der Waals surface area contributed by atoms with Gasteiger partial charge in [0.15, 0.2) is 11.0 Å². The number of aromatic nitrogens is 3. The monoisotopic (exact) mass is 500 g/mol. The maximum atomic E-state index is 12.7. The molecule has 0 fully saturated rings. The molecule has 5 nitrogen and oxygen atoms in total. The van der Waals surface area contributed by atoms with Crippen molar-refractivity contribution in [1.82, 2.24) is 20.1 Å². The SMILES string of the molecule is CCCCSc1nnc(CNC(=O)c2ccc(C(C)(C)C)cc2)n1-c1ccc(Br)cc1. The Morgan fingerprint density at radius 3 is 2.35 bits per heavy atom. The smallest absolute Gasteiger partial charge is 0.251 e. The number of benzene rings is 2. The van der Waals surface area contributed by atoms with Crippen LogP contribution in [0, 0.1) is 0 Å². The normalized spacial score (nSPS) is 11.5. The van der Waals surface area contributed by atoms with E-state index in [1.807, 2.05) is 53.1 Å². The third kappa shape index (κ3) is 6.20. The molecule has 1 N–H and O–H groups in total. The number of thioether (sulfide) groups is 1. The van der Waals surface area contributed by atoms with E-state index in [9.17, 15) is 4.79 Å². The lowest BCUT2D eigenvalue weighted by molar-refractivity contribution is 0.0949. The zero-order valence-corrected chi connectivity index (χ0v) is 20.9. The third-order valence-electron chi connectivity index (χ3n) is 4.93. The zero-order valence-electron chi connectivity index (χ0n) is 18.5. The second-order valence-electron chi connectivity index (χ2n) is 8.42. The summed E-state index contributed by atoms with van der Waals surface area (Å²) >= 11 is 5.18. The van der Waals surface area contributed by atoms with E-state index in [2.05, 4.69) is 59.1 Å². The molecule has 1 heterocycles. The predicted molar refractivity (Wildman–Crippen MR) is 131 cm³/mol. The minimum Gasteiger partial charge on any atom is -0.345 e. The van der Waals surface area contributed by atoms with Crippen LogP contribution in [0.5, 0.6) is 0 Å². The van der Waals surface area contributed by atoms with Gasteiger partial charge in [-0.05, 0) is 53.8 Å². The van der Waals surface area contributed by atoms with Crippen LogP contribution in [0.3, 0.4) is 0 Å². The molecule has 31 heavy (non-hydrogen) atoms. The summed E-state index contributed by atoms with van der Waals surface area (Å²) in [7, 11) is 0. The van der Waals surface area contributed by atoms with Crippen molar-refractivity contribution < 1.29 is 4.79 Å². The van der Waals surface area contributed by atoms with Crippen molar-refractivity contribution in [3.8, 4) is 5.69 Å². The predicted octanol–water partition coefficient (Wildman–Crippen LogP) is 6.15. The Morgan fingerprint density at radius 1 is 1.06 bits per heavy atom. The first-order valence-corrected chi connectivity index (χ1v) is 12.3.